The molecule has 1 fully saturated rings. The minimum atomic E-state index is -3.26. The number of hydrogen-bond donors (Lipinski definition) is 2. The lowest BCUT2D eigenvalue weighted by Crippen LogP contribution is -2.47. The van der Waals surface area contributed by atoms with E-state index in [2.05, 4.69) is 10.3 Å². The molecule has 1 aliphatic heterocycles. The number of oxazole rings is 1. The van der Waals surface area contributed by atoms with Crippen molar-refractivity contribution in [2.24, 2.45) is 5.84 Å². The van der Waals surface area contributed by atoms with Crippen LogP contribution in [0.1, 0.15) is 19.8 Å². The predicted molar refractivity (Wildman–Crippen MR) is 126 cm³/mol. The van der Waals surface area contributed by atoms with Gasteiger partial charge >= 0.3 is 6.01 Å². The monoisotopic (exact) mass is 644 g/mol. The zero-order chi connectivity index (χ0) is 15.7. The van der Waals surface area contributed by atoms with Crippen molar-refractivity contribution in [3.8, 4) is 0 Å². The predicted octanol–water partition coefficient (Wildman–Crippen LogP) is 3.37. The van der Waals surface area contributed by atoms with E-state index in [4.69, 9.17) is 10.3 Å². The van der Waals surface area contributed by atoms with Crippen LogP contribution in [0.25, 0.3) is 11.1 Å². The van der Waals surface area contributed by atoms with Crippen LogP contribution in [0.15, 0.2) is 27.5 Å². The van der Waals surface area contributed by atoms with Gasteiger partial charge in [0, 0.05) is 0 Å². The number of sulfone groups is 1. The Morgan fingerprint density at radius 3 is 2.42 bits per heavy atom. The normalized spacial score (nSPS) is 14.4. The molecule has 1 aromatic heterocycles. The van der Waals surface area contributed by atoms with Crippen molar-refractivity contribution in [1.29, 1.82) is 0 Å². The third-order valence-electron chi connectivity index (χ3n) is 4.01. The van der Waals surface area contributed by atoms with Crippen LogP contribution in [-0.2, 0) is 9.84 Å². The van der Waals surface area contributed by atoms with E-state index in [1.807, 2.05) is 0 Å². The molecule has 3 N–H and O–H groups in total. The zero-order valence-electron chi connectivity index (χ0n) is 14.1. The van der Waals surface area contributed by atoms with Crippen molar-refractivity contribution in [3.63, 3.8) is 0 Å². The lowest BCUT2D eigenvalue weighted by molar-refractivity contribution is 0.411. The summed E-state index contributed by atoms with van der Waals surface area (Å²) in [5.74, 6) is 6.17. The molecular weight excluding hydrogens is 624 g/mol. The number of halogens is 4. The summed E-state index contributed by atoms with van der Waals surface area (Å²) in [5.41, 5.74) is 1.04. The van der Waals surface area contributed by atoms with Crippen molar-refractivity contribution in [3.05, 3.63) is 18.2 Å². The SMILES string of the molecule is Br.Br.Br.Br.CCS(=O)(=O)c1ccc2oc(N(N)C3CCNCC3)nc2c1. The Bertz CT molecular complexity index is 782. The Balaban J connectivity index is 0. The van der Waals surface area contributed by atoms with Gasteiger partial charge in [-0.25, -0.2) is 14.3 Å². The molecule has 0 spiro atoms. The number of fused-ring (bicyclic) bond motifs is 1. The zero-order valence-corrected chi connectivity index (χ0v) is 21.8. The molecule has 1 saturated heterocycles. The van der Waals surface area contributed by atoms with Gasteiger partial charge in [0.2, 0.25) is 0 Å². The van der Waals surface area contributed by atoms with Crippen molar-refractivity contribution >= 4 is 94.9 Å². The van der Waals surface area contributed by atoms with E-state index in [9.17, 15) is 8.42 Å². The Morgan fingerprint density at radius 2 is 1.85 bits per heavy atom. The Hall–Kier alpha value is 0.280. The van der Waals surface area contributed by atoms with Gasteiger partial charge in [-0.1, -0.05) is 6.92 Å². The van der Waals surface area contributed by atoms with E-state index in [0.29, 0.717) is 17.1 Å². The van der Waals surface area contributed by atoms with Gasteiger partial charge in [0.25, 0.3) is 0 Å². The van der Waals surface area contributed by atoms with Crippen LogP contribution in [0.3, 0.4) is 0 Å². The molecule has 0 bridgehead atoms. The van der Waals surface area contributed by atoms with Gasteiger partial charge in [0.15, 0.2) is 15.4 Å². The maximum atomic E-state index is 11.9. The number of nitrogens with zero attached hydrogens (tertiary/aromatic N) is 2. The molecule has 2 heterocycles. The second-order valence-corrected chi connectivity index (χ2v) is 7.70. The van der Waals surface area contributed by atoms with Gasteiger partial charge in [-0.05, 0) is 44.1 Å². The van der Waals surface area contributed by atoms with Gasteiger partial charge in [-0.2, -0.15) is 4.98 Å². The molecule has 0 saturated carbocycles. The number of nitrogens with two attached hydrogens (primary N) is 1. The average Bonchev–Trinajstić information content (AvgIpc) is 2.98. The first-order valence-electron chi connectivity index (χ1n) is 7.39. The molecule has 0 aliphatic carbocycles. The van der Waals surface area contributed by atoms with Crippen LogP contribution < -0.4 is 16.2 Å². The van der Waals surface area contributed by atoms with E-state index in [1.165, 1.54) is 6.07 Å². The third-order valence-corrected chi connectivity index (χ3v) is 5.74. The van der Waals surface area contributed by atoms with Gasteiger partial charge < -0.3 is 9.73 Å². The van der Waals surface area contributed by atoms with Gasteiger partial charge in [-0.3, -0.25) is 5.01 Å². The molecule has 0 atom stereocenters. The lowest BCUT2D eigenvalue weighted by atomic mass is 10.1. The van der Waals surface area contributed by atoms with E-state index in [0.717, 1.165) is 25.9 Å². The molecular formula is C14H24Br4N4O3S. The second kappa shape index (κ2) is 12.0. The van der Waals surface area contributed by atoms with Crippen molar-refractivity contribution < 1.29 is 12.8 Å². The third kappa shape index (κ3) is 6.14. The summed E-state index contributed by atoms with van der Waals surface area (Å²) >= 11 is 0. The first-order valence-corrected chi connectivity index (χ1v) is 9.04. The maximum absolute atomic E-state index is 11.9. The fourth-order valence-electron chi connectivity index (χ4n) is 2.61. The molecule has 1 aliphatic rings. The Morgan fingerprint density at radius 1 is 1.23 bits per heavy atom. The molecule has 7 nitrogen and oxygen atoms in total. The van der Waals surface area contributed by atoms with Crippen LogP contribution >= 0.6 is 67.9 Å². The van der Waals surface area contributed by atoms with Gasteiger partial charge in [0.1, 0.15) is 5.52 Å². The van der Waals surface area contributed by atoms with Crippen LogP contribution in [0.5, 0.6) is 0 Å². The maximum Gasteiger partial charge on any atom is 0.313 e. The quantitative estimate of drug-likeness (QED) is 0.388. The number of hydrazine groups is 1. The molecule has 2 aromatic rings. The highest BCUT2D eigenvalue weighted by Crippen LogP contribution is 2.26. The fraction of sp³-hybridized carbons (Fsp3) is 0.500. The summed E-state index contributed by atoms with van der Waals surface area (Å²) in [4.78, 5) is 4.60. The number of piperidine rings is 1. The number of hydrogen-bond acceptors (Lipinski definition) is 7. The van der Waals surface area contributed by atoms with Crippen LogP contribution in [0.4, 0.5) is 6.01 Å². The fourth-order valence-corrected chi connectivity index (χ4v) is 3.51. The lowest BCUT2D eigenvalue weighted by Gasteiger charge is -2.29. The number of rotatable bonds is 4. The van der Waals surface area contributed by atoms with E-state index in [-0.39, 0.29) is 84.6 Å². The summed E-state index contributed by atoms with van der Waals surface area (Å²) in [6.45, 7) is 3.45. The molecule has 152 valence electrons. The standard InChI is InChI=1S/C14H20N4O3S.4BrH/c1-2-22(19,20)11-3-4-13-12(9-11)17-14(21-13)18(15)10-5-7-16-8-6-10;;;;/h3-4,9-10,16H,2,5-8,15H2,1H3;4*1H. The Kier molecular flexibility index (Phi) is 13.1. The average molecular weight is 648 g/mol. The number of aromatic nitrogens is 1. The summed E-state index contributed by atoms with van der Waals surface area (Å²) in [7, 11) is -3.26. The minimum absolute atomic E-state index is 0. The highest BCUT2D eigenvalue weighted by Gasteiger charge is 2.23. The summed E-state index contributed by atoms with van der Waals surface area (Å²) in [6.07, 6.45) is 1.84. The number of benzene rings is 1. The van der Waals surface area contributed by atoms with Crippen LogP contribution in [0, 0.1) is 0 Å². The molecule has 3 rings (SSSR count). The first-order chi connectivity index (χ1) is 10.5. The number of anilines is 1. The smallest absolute Gasteiger partial charge is 0.313 e. The molecule has 12 heteroatoms. The van der Waals surface area contributed by atoms with Crippen molar-refractivity contribution in [2.75, 3.05) is 23.9 Å². The highest BCUT2D eigenvalue weighted by atomic mass is 79.9. The molecule has 26 heavy (non-hydrogen) atoms. The Labute approximate surface area is 195 Å². The second-order valence-electron chi connectivity index (χ2n) is 5.42. The topological polar surface area (TPSA) is 101 Å². The molecule has 0 amide bonds. The largest absolute Gasteiger partial charge is 0.422 e. The summed E-state index contributed by atoms with van der Waals surface area (Å²) in [6, 6.07) is 5.21. The van der Waals surface area contributed by atoms with Crippen molar-refractivity contribution in [1.82, 2.24) is 10.3 Å². The summed E-state index contributed by atoms with van der Waals surface area (Å²) in [5, 5.41) is 4.83. The van der Waals surface area contributed by atoms with Crippen LogP contribution in [-0.4, -0.2) is 38.3 Å². The van der Waals surface area contributed by atoms with Crippen molar-refractivity contribution in [2.45, 2.75) is 30.7 Å². The molecule has 1 aromatic carbocycles. The molecule has 0 unspecified atom stereocenters. The highest BCUT2D eigenvalue weighted by molar-refractivity contribution is 8.93. The first kappa shape index (κ1) is 28.5. The van der Waals surface area contributed by atoms with Crippen LogP contribution in [0.2, 0.25) is 0 Å². The van der Waals surface area contributed by atoms with E-state index < -0.39 is 9.84 Å². The van der Waals surface area contributed by atoms with Gasteiger partial charge in [0.05, 0.1) is 16.7 Å². The number of nitrogens with one attached hydrogen (secondary N) is 1. The minimum Gasteiger partial charge on any atom is -0.422 e. The van der Waals surface area contributed by atoms with E-state index in [1.54, 1.807) is 24.1 Å². The van der Waals surface area contributed by atoms with E-state index >= 15 is 0 Å². The molecule has 0 radical (unpaired) electrons. The van der Waals surface area contributed by atoms with Gasteiger partial charge in [-0.15, -0.1) is 67.9 Å². The summed E-state index contributed by atoms with van der Waals surface area (Å²) < 4.78 is 29.5.